The molecule has 1 heterocycles. The third-order valence-corrected chi connectivity index (χ3v) is 4.66. The Balaban J connectivity index is 1.59. The molecule has 0 aliphatic heterocycles. The number of aryl methyl sites for hydroxylation is 3. The maximum absolute atomic E-state index is 12.5. The smallest absolute Gasteiger partial charge is 0.253 e. The number of carbonyl (C=O) groups excluding carboxylic acids is 2. The number of hydrogen-bond acceptors (Lipinski definition) is 3. The number of furan rings is 1. The topological polar surface area (TPSA) is 71.3 Å². The van der Waals surface area contributed by atoms with Gasteiger partial charge < -0.3 is 15.1 Å². The highest BCUT2D eigenvalue weighted by Crippen LogP contribution is 2.17. The summed E-state index contributed by atoms with van der Waals surface area (Å²) in [5.41, 5.74) is 4.51. The fraction of sp³-hybridized carbons (Fsp3) is 0.217. The molecule has 0 atom stereocenters. The predicted molar refractivity (Wildman–Crippen MR) is 109 cm³/mol. The third kappa shape index (κ3) is 5.10. The molecule has 0 aliphatic carbocycles. The molecule has 5 heteroatoms. The summed E-state index contributed by atoms with van der Waals surface area (Å²) < 4.78 is 5.22. The molecule has 2 N–H and O–H groups in total. The summed E-state index contributed by atoms with van der Waals surface area (Å²) in [7, 11) is 0. The molecule has 0 saturated heterocycles. The first-order valence-electron chi connectivity index (χ1n) is 9.28. The lowest BCUT2D eigenvalue weighted by Crippen LogP contribution is -2.24. The lowest BCUT2D eigenvalue weighted by molar-refractivity contribution is -0.116. The molecule has 28 heavy (non-hydrogen) atoms. The van der Waals surface area contributed by atoms with Crippen LogP contribution in [0.3, 0.4) is 0 Å². The van der Waals surface area contributed by atoms with Gasteiger partial charge in [0.05, 0.1) is 24.1 Å². The number of carbonyl (C=O) groups is 2. The van der Waals surface area contributed by atoms with Crippen molar-refractivity contribution in [1.82, 2.24) is 5.32 Å². The van der Waals surface area contributed by atoms with Gasteiger partial charge in [-0.25, -0.2) is 0 Å². The van der Waals surface area contributed by atoms with E-state index in [1.54, 1.807) is 42.7 Å². The molecule has 0 bridgehead atoms. The van der Waals surface area contributed by atoms with Crippen LogP contribution in [0.2, 0.25) is 0 Å². The van der Waals surface area contributed by atoms with Crippen LogP contribution in [-0.4, -0.2) is 11.8 Å². The van der Waals surface area contributed by atoms with Crippen LogP contribution in [0.5, 0.6) is 0 Å². The van der Waals surface area contributed by atoms with E-state index in [2.05, 4.69) is 36.6 Å². The van der Waals surface area contributed by atoms with Gasteiger partial charge >= 0.3 is 0 Å². The average molecular weight is 376 g/mol. The molecule has 0 aliphatic rings. The van der Waals surface area contributed by atoms with Gasteiger partial charge in [-0.15, -0.1) is 0 Å². The summed E-state index contributed by atoms with van der Waals surface area (Å²) >= 11 is 0. The normalized spacial score (nSPS) is 10.5. The van der Waals surface area contributed by atoms with E-state index in [1.165, 1.54) is 11.1 Å². The molecule has 0 spiro atoms. The van der Waals surface area contributed by atoms with Gasteiger partial charge in [-0.3, -0.25) is 9.59 Å². The van der Waals surface area contributed by atoms with Crippen LogP contribution in [-0.2, 0) is 17.8 Å². The predicted octanol–water partition coefficient (Wildman–Crippen LogP) is 4.40. The molecular weight excluding hydrogens is 352 g/mol. The molecule has 2 amide bonds. The van der Waals surface area contributed by atoms with E-state index in [1.807, 2.05) is 6.07 Å². The van der Waals surface area contributed by atoms with E-state index in [0.29, 0.717) is 36.4 Å². The van der Waals surface area contributed by atoms with Crippen molar-refractivity contribution in [3.8, 4) is 0 Å². The molecule has 0 unspecified atom stereocenters. The summed E-state index contributed by atoms with van der Waals surface area (Å²) in [6.45, 7) is 4.43. The van der Waals surface area contributed by atoms with E-state index in [-0.39, 0.29) is 11.8 Å². The van der Waals surface area contributed by atoms with E-state index >= 15 is 0 Å². The zero-order valence-electron chi connectivity index (χ0n) is 16.1. The summed E-state index contributed by atoms with van der Waals surface area (Å²) in [6.07, 6.45) is 2.57. The Morgan fingerprint density at radius 2 is 1.79 bits per heavy atom. The summed E-state index contributed by atoms with van der Waals surface area (Å²) in [6, 6.07) is 16.8. The Labute approximate surface area is 164 Å². The Hall–Kier alpha value is -3.34. The van der Waals surface area contributed by atoms with E-state index in [9.17, 15) is 9.59 Å². The first-order chi connectivity index (χ1) is 13.5. The van der Waals surface area contributed by atoms with Crippen molar-refractivity contribution in [1.29, 1.82) is 0 Å². The van der Waals surface area contributed by atoms with Crippen LogP contribution in [0.15, 0.2) is 65.3 Å². The quantitative estimate of drug-likeness (QED) is 0.642. The SMILES string of the molecule is Cc1ccc(CCC(=O)Nc2ccccc2C(=O)NCc2ccco2)cc1C. The molecule has 3 rings (SSSR count). The fourth-order valence-electron chi connectivity index (χ4n) is 2.90. The van der Waals surface area contributed by atoms with Gasteiger partial charge in [0.1, 0.15) is 5.76 Å². The molecule has 2 aromatic carbocycles. The minimum absolute atomic E-state index is 0.121. The van der Waals surface area contributed by atoms with Crippen molar-refractivity contribution in [3.63, 3.8) is 0 Å². The number of nitrogens with one attached hydrogen (secondary N) is 2. The maximum atomic E-state index is 12.5. The van der Waals surface area contributed by atoms with E-state index < -0.39 is 0 Å². The number of rotatable bonds is 7. The van der Waals surface area contributed by atoms with Gasteiger partial charge in [-0.05, 0) is 61.2 Å². The number of para-hydroxylation sites is 1. The standard InChI is InChI=1S/C23H24N2O3/c1-16-9-10-18(14-17(16)2)11-12-22(26)25-21-8-4-3-7-20(21)23(27)24-15-19-6-5-13-28-19/h3-10,13-14H,11-12,15H2,1-2H3,(H,24,27)(H,25,26). The Morgan fingerprint density at radius 1 is 0.964 bits per heavy atom. The van der Waals surface area contributed by atoms with Gasteiger partial charge in [0.15, 0.2) is 0 Å². The Bertz CT molecular complexity index is 962. The minimum atomic E-state index is -0.263. The second kappa shape index (κ2) is 9.04. The number of hydrogen-bond donors (Lipinski definition) is 2. The largest absolute Gasteiger partial charge is 0.467 e. The molecule has 1 aromatic heterocycles. The van der Waals surface area contributed by atoms with Crippen LogP contribution < -0.4 is 10.6 Å². The van der Waals surface area contributed by atoms with Crippen molar-refractivity contribution in [2.45, 2.75) is 33.2 Å². The molecule has 0 fully saturated rings. The summed E-state index contributed by atoms with van der Waals surface area (Å²) in [5, 5.41) is 5.66. The second-order valence-corrected chi connectivity index (χ2v) is 6.77. The van der Waals surface area contributed by atoms with Crippen LogP contribution in [0.25, 0.3) is 0 Å². The van der Waals surface area contributed by atoms with Crippen molar-refractivity contribution in [2.24, 2.45) is 0 Å². The zero-order chi connectivity index (χ0) is 19.9. The third-order valence-electron chi connectivity index (χ3n) is 4.66. The Morgan fingerprint density at radius 3 is 2.54 bits per heavy atom. The van der Waals surface area contributed by atoms with Crippen molar-refractivity contribution < 1.29 is 14.0 Å². The Kier molecular flexibility index (Phi) is 6.27. The molecule has 0 radical (unpaired) electrons. The molecule has 144 valence electrons. The summed E-state index contributed by atoms with van der Waals surface area (Å²) in [4.78, 5) is 24.9. The minimum Gasteiger partial charge on any atom is -0.467 e. The van der Waals surface area contributed by atoms with Crippen LogP contribution in [0.1, 0.15) is 39.2 Å². The highest BCUT2D eigenvalue weighted by atomic mass is 16.3. The highest BCUT2D eigenvalue weighted by molar-refractivity contribution is 6.03. The fourth-order valence-corrected chi connectivity index (χ4v) is 2.90. The summed E-state index contributed by atoms with van der Waals surface area (Å²) in [5.74, 6) is 0.286. The van der Waals surface area contributed by atoms with Gasteiger partial charge in [-0.1, -0.05) is 30.3 Å². The monoisotopic (exact) mass is 376 g/mol. The molecule has 0 saturated carbocycles. The lowest BCUT2D eigenvalue weighted by atomic mass is 10.0. The molecular formula is C23H24N2O3. The number of benzene rings is 2. The van der Waals surface area contributed by atoms with E-state index in [0.717, 1.165) is 5.56 Å². The van der Waals surface area contributed by atoms with Crippen LogP contribution >= 0.6 is 0 Å². The van der Waals surface area contributed by atoms with Gasteiger partial charge in [0.2, 0.25) is 5.91 Å². The van der Waals surface area contributed by atoms with Crippen LogP contribution in [0.4, 0.5) is 5.69 Å². The zero-order valence-corrected chi connectivity index (χ0v) is 16.1. The lowest BCUT2D eigenvalue weighted by Gasteiger charge is -2.11. The number of amides is 2. The van der Waals surface area contributed by atoms with Gasteiger partial charge in [0.25, 0.3) is 5.91 Å². The molecule has 3 aromatic rings. The van der Waals surface area contributed by atoms with Gasteiger partial charge in [-0.2, -0.15) is 0 Å². The van der Waals surface area contributed by atoms with Crippen LogP contribution in [0, 0.1) is 13.8 Å². The molecule has 5 nitrogen and oxygen atoms in total. The maximum Gasteiger partial charge on any atom is 0.253 e. The second-order valence-electron chi connectivity index (χ2n) is 6.77. The first-order valence-corrected chi connectivity index (χ1v) is 9.28. The van der Waals surface area contributed by atoms with E-state index in [4.69, 9.17) is 4.42 Å². The van der Waals surface area contributed by atoms with Crippen molar-refractivity contribution in [2.75, 3.05) is 5.32 Å². The average Bonchev–Trinajstić information content (AvgIpc) is 3.21. The van der Waals surface area contributed by atoms with Crippen molar-refractivity contribution >= 4 is 17.5 Å². The first kappa shape index (κ1) is 19.4. The number of anilines is 1. The van der Waals surface area contributed by atoms with Gasteiger partial charge in [0, 0.05) is 6.42 Å². The highest BCUT2D eigenvalue weighted by Gasteiger charge is 2.13. The van der Waals surface area contributed by atoms with Crippen molar-refractivity contribution in [3.05, 3.63) is 88.9 Å².